The summed E-state index contributed by atoms with van der Waals surface area (Å²) in [4.78, 5) is 12.3. The maximum Gasteiger partial charge on any atom is 0.335 e. The molecule has 2 aromatic carbocycles. The lowest BCUT2D eigenvalue weighted by atomic mass is 9.78. The van der Waals surface area contributed by atoms with Crippen molar-refractivity contribution in [2.24, 2.45) is 0 Å². The van der Waals surface area contributed by atoms with Crippen molar-refractivity contribution >= 4 is 5.97 Å². The third-order valence-corrected chi connectivity index (χ3v) is 5.82. The second kappa shape index (κ2) is 9.90. The molecule has 0 heterocycles. The van der Waals surface area contributed by atoms with Crippen LogP contribution in [0.4, 0.5) is 0 Å². The van der Waals surface area contributed by atoms with E-state index in [0.29, 0.717) is 29.2 Å². The van der Waals surface area contributed by atoms with Gasteiger partial charge in [0.15, 0.2) is 0 Å². The summed E-state index contributed by atoms with van der Waals surface area (Å²) in [6.07, 6.45) is 1.81. The van der Waals surface area contributed by atoms with Crippen LogP contribution in [0.25, 0.3) is 0 Å². The second-order valence-electron chi connectivity index (χ2n) is 10.3. The van der Waals surface area contributed by atoms with E-state index in [1.54, 1.807) is 14.2 Å². The largest absolute Gasteiger partial charge is 0.507 e. The lowest BCUT2D eigenvalue weighted by Crippen LogP contribution is -2.19. The van der Waals surface area contributed by atoms with E-state index in [2.05, 4.69) is 27.4 Å². The molecule has 0 radical (unpaired) electrons. The van der Waals surface area contributed by atoms with Crippen LogP contribution in [-0.4, -0.2) is 25.3 Å². The minimum atomic E-state index is -0.535. The van der Waals surface area contributed by atoms with Gasteiger partial charge < -0.3 is 19.3 Å². The number of esters is 1. The predicted molar refractivity (Wildman–Crippen MR) is 133 cm³/mol. The molecular weight excluding hydrogens is 416 g/mol. The van der Waals surface area contributed by atoms with Gasteiger partial charge in [0, 0.05) is 34.2 Å². The van der Waals surface area contributed by atoms with E-state index in [4.69, 9.17) is 14.2 Å². The molecule has 2 aromatic rings. The first-order chi connectivity index (χ1) is 15.3. The zero-order chi connectivity index (χ0) is 25.1. The van der Waals surface area contributed by atoms with E-state index < -0.39 is 5.97 Å². The van der Waals surface area contributed by atoms with Gasteiger partial charge in [-0.1, -0.05) is 55.0 Å². The summed E-state index contributed by atoms with van der Waals surface area (Å²) < 4.78 is 17.0. The summed E-state index contributed by atoms with van der Waals surface area (Å²) in [6, 6.07) is 7.50. The average Bonchev–Trinajstić information content (AvgIpc) is 2.74. The Hall–Kier alpha value is -2.95. The van der Waals surface area contributed by atoms with E-state index >= 15 is 0 Å². The molecule has 0 aromatic heterocycles. The van der Waals surface area contributed by atoms with Crippen molar-refractivity contribution in [2.75, 3.05) is 14.2 Å². The van der Waals surface area contributed by atoms with Gasteiger partial charge in [-0.2, -0.15) is 0 Å². The molecule has 0 bridgehead atoms. The third kappa shape index (κ3) is 5.70. The standard InChI is InChI=1S/C28H38O5/c1-11-19(20-13-17(31-9)15-22(25(20)30)27(3,4)5)21-14-18(32-10)16-23(28(6,7)8)26(21)33-24(29)12-2/h12-16,19,30H,2,11H2,1,3-10H3. The Labute approximate surface area is 198 Å². The Balaban J connectivity index is 2.94. The van der Waals surface area contributed by atoms with Gasteiger partial charge in [0.05, 0.1) is 14.2 Å². The van der Waals surface area contributed by atoms with Crippen LogP contribution >= 0.6 is 0 Å². The van der Waals surface area contributed by atoms with Crippen molar-refractivity contribution in [3.05, 3.63) is 59.2 Å². The van der Waals surface area contributed by atoms with E-state index in [1.165, 1.54) is 0 Å². The fourth-order valence-electron chi connectivity index (χ4n) is 4.01. The highest BCUT2D eigenvalue weighted by Crippen LogP contribution is 2.48. The first-order valence-corrected chi connectivity index (χ1v) is 11.3. The molecular formula is C28H38O5. The van der Waals surface area contributed by atoms with Crippen molar-refractivity contribution in [2.45, 2.75) is 71.6 Å². The first kappa shape index (κ1) is 26.3. The van der Waals surface area contributed by atoms with Crippen molar-refractivity contribution in [1.82, 2.24) is 0 Å². The Morgan fingerprint density at radius 3 is 1.85 bits per heavy atom. The number of benzene rings is 2. The lowest BCUT2D eigenvalue weighted by Gasteiger charge is -2.29. The Kier molecular flexibility index (Phi) is 7.89. The zero-order valence-electron chi connectivity index (χ0n) is 21.5. The van der Waals surface area contributed by atoms with Crippen molar-refractivity contribution in [3.63, 3.8) is 0 Å². The van der Waals surface area contributed by atoms with Gasteiger partial charge in [-0.15, -0.1) is 0 Å². The molecule has 0 aliphatic carbocycles. The number of methoxy groups -OCH3 is 2. The van der Waals surface area contributed by atoms with Gasteiger partial charge >= 0.3 is 5.97 Å². The van der Waals surface area contributed by atoms with Crippen LogP contribution in [0.3, 0.4) is 0 Å². The fourth-order valence-corrected chi connectivity index (χ4v) is 4.01. The maximum absolute atomic E-state index is 12.3. The van der Waals surface area contributed by atoms with E-state index in [9.17, 15) is 9.90 Å². The van der Waals surface area contributed by atoms with Crippen LogP contribution in [0, 0.1) is 0 Å². The highest BCUT2D eigenvalue weighted by atomic mass is 16.5. The number of hydrogen-bond donors (Lipinski definition) is 1. The monoisotopic (exact) mass is 454 g/mol. The molecule has 2 rings (SSSR count). The molecule has 33 heavy (non-hydrogen) atoms. The molecule has 0 fully saturated rings. The summed E-state index contributed by atoms with van der Waals surface area (Å²) in [7, 11) is 3.23. The molecule has 1 atom stereocenters. The smallest absolute Gasteiger partial charge is 0.335 e. The topological polar surface area (TPSA) is 65.0 Å². The summed E-state index contributed by atoms with van der Waals surface area (Å²) >= 11 is 0. The number of ether oxygens (including phenoxy) is 3. The maximum atomic E-state index is 12.3. The molecule has 180 valence electrons. The van der Waals surface area contributed by atoms with E-state index in [-0.39, 0.29) is 22.5 Å². The molecule has 0 saturated heterocycles. The number of hydrogen-bond acceptors (Lipinski definition) is 5. The SMILES string of the molecule is C=CC(=O)Oc1c(C(CC)c2cc(OC)cc(C(C)(C)C)c2O)cc(OC)cc1C(C)(C)C. The molecule has 0 saturated carbocycles. The quantitative estimate of drug-likeness (QED) is 0.289. The number of carbonyl (C=O) groups excluding carboxylic acids is 1. The first-order valence-electron chi connectivity index (χ1n) is 11.3. The fraction of sp³-hybridized carbons (Fsp3) is 0.464. The van der Waals surface area contributed by atoms with Crippen molar-refractivity contribution in [3.8, 4) is 23.0 Å². The Morgan fingerprint density at radius 1 is 0.939 bits per heavy atom. The highest BCUT2D eigenvalue weighted by Gasteiger charge is 2.31. The normalized spacial score (nSPS) is 12.8. The van der Waals surface area contributed by atoms with Crippen LogP contribution in [0.2, 0.25) is 0 Å². The third-order valence-electron chi connectivity index (χ3n) is 5.82. The van der Waals surface area contributed by atoms with Gasteiger partial charge in [-0.3, -0.25) is 0 Å². The van der Waals surface area contributed by atoms with Crippen LogP contribution in [0.1, 0.15) is 83.1 Å². The van der Waals surface area contributed by atoms with E-state index in [1.807, 2.05) is 52.0 Å². The number of rotatable bonds is 7. The number of phenolic OH excluding ortho intramolecular Hbond substituents is 1. The number of carbonyl (C=O) groups is 1. The summed E-state index contributed by atoms with van der Waals surface area (Å²) in [5.41, 5.74) is 2.48. The van der Waals surface area contributed by atoms with Gasteiger partial charge in [-0.25, -0.2) is 4.79 Å². The van der Waals surface area contributed by atoms with E-state index in [0.717, 1.165) is 22.8 Å². The molecule has 1 unspecified atom stereocenters. The minimum absolute atomic E-state index is 0.219. The Bertz CT molecular complexity index is 1020. The highest BCUT2D eigenvalue weighted by molar-refractivity contribution is 5.84. The van der Waals surface area contributed by atoms with Crippen LogP contribution < -0.4 is 14.2 Å². The molecule has 0 amide bonds. The van der Waals surface area contributed by atoms with Crippen LogP contribution in [0.5, 0.6) is 23.0 Å². The zero-order valence-corrected chi connectivity index (χ0v) is 21.5. The van der Waals surface area contributed by atoms with Gasteiger partial charge in [0.1, 0.15) is 23.0 Å². The van der Waals surface area contributed by atoms with Gasteiger partial charge in [0.25, 0.3) is 0 Å². The van der Waals surface area contributed by atoms with Gasteiger partial charge in [0.2, 0.25) is 0 Å². The van der Waals surface area contributed by atoms with Crippen LogP contribution in [0.15, 0.2) is 36.9 Å². The minimum Gasteiger partial charge on any atom is -0.507 e. The molecule has 0 spiro atoms. The number of phenols is 1. The molecule has 5 nitrogen and oxygen atoms in total. The van der Waals surface area contributed by atoms with Crippen LogP contribution in [-0.2, 0) is 15.6 Å². The molecule has 0 aliphatic rings. The summed E-state index contributed by atoms with van der Waals surface area (Å²) in [5, 5.41) is 11.4. The second-order valence-corrected chi connectivity index (χ2v) is 10.3. The average molecular weight is 455 g/mol. The summed E-state index contributed by atoms with van der Waals surface area (Å²) in [5.74, 6) is 1.20. The van der Waals surface area contributed by atoms with Gasteiger partial charge in [-0.05, 0) is 41.5 Å². The summed E-state index contributed by atoms with van der Waals surface area (Å²) in [6.45, 7) is 17.9. The molecule has 0 aliphatic heterocycles. The van der Waals surface area contributed by atoms with Crippen molar-refractivity contribution in [1.29, 1.82) is 0 Å². The molecule has 1 N–H and O–H groups in total. The molecule has 5 heteroatoms. The number of aromatic hydroxyl groups is 1. The van der Waals surface area contributed by atoms with Crippen molar-refractivity contribution < 1.29 is 24.1 Å². The predicted octanol–water partition coefficient (Wildman–Crippen LogP) is 6.64. The Morgan fingerprint density at radius 2 is 1.42 bits per heavy atom. The lowest BCUT2D eigenvalue weighted by molar-refractivity contribution is -0.129.